The molecule has 1 N–H and O–H groups in total. The predicted octanol–water partition coefficient (Wildman–Crippen LogP) is 3.22. The molecule has 1 heterocycles. The van der Waals surface area contributed by atoms with Crippen molar-refractivity contribution < 1.29 is 9.53 Å². The first-order chi connectivity index (χ1) is 12.7. The number of rotatable bonds is 6. The Kier molecular flexibility index (Phi) is 7.32. The molecule has 0 radical (unpaired) electrons. The summed E-state index contributed by atoms with van der Waals surface area (Å²) in [4.78, 5) is 17.3. The summed E-state index contributed by atoms with van der Waals surface area (Å²) in [5.41, 5.74) is 0.744. The molecule has 0 unspecified atom stereocenters. The molecule has 0 atom stereocenters. The van der Waals surface area contributed by atoms with Crippen LogP contribution in [0.5, 0.6) is 5.75 Å². The van der Waals surface area contributed by atoms with Crippen LogP contribution in [-0.4, -0.2) is 62.1 Å². The Morgan fingerprint density at radius 1 is 1.04 bits per heavy atom. The number of methoxy groups -OCH3 is 1. The Morgan fingerprint density at radius 3 is 2.58 bits per heavy atom. The van der Waals surface area contributed by atoms with Gasteiger partial charge in [0.1, 0.15) is 5.75 Å². The summed E-state index contributed by atoms with van der Waals surface area (Å²) in [6.07, 6.45) is 8.20. The highest BCUT2D eigenvalue weighted by molar-refractivity contribution is 5.93. The third kappa shape index (κ3) is 5.71. The molecule has 1 aliphatic heterocycles. The largest absolute Gasteiger partial charge is 0.495 e. The van der Waals surface area contributed by atoms with Gasteiger partial charge in [0.25, 0.3) is 0 Å². The molecule has 1 aromatic carbocycles. The van der Waals surface area contributed by atoms with E-state index >= 15 is 0 Å². The van der Waals surface area contributed by atoms with Gasteiger partial charge in [-0.15, -0.1) is 0 Å². The molecule has 144 valence electrons. The van der Waals surface area contributed by atoms with Crippen molar-refractivity contribution in [2.24, 2.45) is 5.92 Å². The highest BCUT2D eigenvalue weighted by atomic mass is 16.5. The highest BCUT2D eigenvalue weighted by Crippen LogP contribution is 2.25. The molecule has 1 aromatic rings. The quantitative estimate of drug-likeness (QED) is 0.847. The molecular formula is C21H33N3O2. The Morgan fingerprint density at radius 2 is 1.77 bits per heavy atom. The molecule has 2 fully saturated rings. The van der Waals surface area contributed by atoms with Gasteiger partial charge in [-0.25, -0.2) is 0 Å². The number of nitrogens with zero attached hydrogens (tertiary/aromatic N) is 2. The van der Waals surface area contributed by atoms with E-state index in [0.717, 1.165) is 37.7 Å². The van der Waals surface area contributed by atoms with Crippen LogP contribution >= 0.6 is 0 Å². The van der Waals surface area contributed by atoms with Crippen molar-refractivity contribution in [3.63, 3.8) is 0 Å². The van der Waals surface area contributed by atoms with Crippen molar-refractivity contribution in [1.29, 1.82) is 0 Å². The van der Waals surface area contributed by atoms with Gasteiger partial charge in [-0.05, 0) is 50.4 Å². The molecule has 5 heteroatoms. The van der Waals surface area contributed by atoms with Crippen LogP contribution in [0.25, 0.3) is 0 Å². The number of hydrogen-bond acceptors (Lipinski definition) is 4. The maximum absolute atomic E-state index is 12.4. The number of carbonyl (C=O) groups is 1. The second kappa shape index (κ2) is 9.93. The number of benzene rings is 1. The van der Waals surface area contributed by atoms with Crippen LogP contribution in [-0.2, 0) is 4.79 Å². The molecule has 1 amide bonds. The minimum absolute atomic E-state index is 0.0373. The summed E-state index contributed by atoms with van der Waals surface area (Å²) < 4.78 is 5.31. The molecule has 0 bridgehead atoms. The molecule has 26 heavy (non-hydrogen) atoms. The molecule has 3 rings (SSSR count). The van der Waals surface area contributed by atoms with E-state index in [9.17, 15) is 4.79 Å². The lowest BCUT2D eigenvalue weighted by Crippen LogP contribution is -2.37. The van der Waals surface area contributed by atoms with Gasteiger partial charge in [-0.2, -0.15) is 0 Å². The van der Waals surface area contributed by atoms with Crippen LogP contribution in [0, 0.1) is 5.92 Å². The lowest BCUT2D eigenvalue weighted by Gasteiger charge is -2.28. The third-order valence-electron chi connectivity index (χ3n) is 5.67. The van der Waals surface area contributed by atoms with Gasteiger partial charge in [0.05, 0.1) is 19.3 Å². The minimum atomic E-state index is 0.0373. The zero-order valence-electron chi connectivity index (χ0n) is 16.1. The number of hydrogen-bond donors (Lipinski definition) is 1. The van der Waals surface area contributed by atoms with Crippen LogP contribution in [0.4, 0.5) is 5.69 Å². The first-order valence-corrected chi connectivity index (χ1v) is 10.1. The van der Waals surface area contributed by atoms with Gasteiger partial charge in [-0.3, -0.25) is 9.69 Å². The smallest absolute Gasteiger partial charge is 0.238 e. The molecular weight excluding hydrogens is 326 g/mol. The second-order valence-electron chi connectivity index (χ2n) is 7.68. The van der Waals surface area contributed by atoms with Crippen LogP contribution in [0.2, 0.25) is 0 Å². The fraction of sp³-hybridized carbons (Fsp3) is 0.667. The Bertz CT molecular complexity index is 572. The number of anilines is 1. The van der Waals surface area contributed by atoms with Gasteiger partial charge in [0.2, 0.25) is 5.91 Å². The number of amides is 1. The number of nitrogens with one attached hydrogen (secondary N) is 1. The molecule has 1 saturated carbocycles. The highest BCUT2D eigenvalue weighted by Gasteiger charge is 2.21. The normalized spacial score (nSPS) is 20.5. The summed E-state index contributed by atoms with van der Waals surface area (Å²) in [6.45, 7) is 5.93. The number of ether oxygens (including phenoxy) is 1. The molecule has 5 nitrogen and oxygen atoms in total. The molecule has 1 saturated heterocycles. The van der Waals surface area contributed by atoms with E-state index in [0.29, 0.717) is 12.3 Å². The first kappa shape index (κ1) is 19.2. The summed E-state index contributed by atoms with van der Waals surface area (Å²) in [5.74, 6) is 1.63. The maximum atomic E-state index is 12.4. The monoisotopic (exact) mass is 359 g/mol. The summed E-state index contributed by atoms with van der Waals surface area (Å²) >= 11 is 0. The van der Waals surface area contributed by atoms with Crippen LogP contribution in [0.1, 0.15) is 38.5 Å². The zero-order valence-corrected chi connectivity index (χ0v) is 16.1. The number of carbonyl (C=O) groups excluding carboxylic acids is 1. The summed E-state index contributed by atoms with van der Waals surface area (Å²) in [6, 6.07) is 7.56. The van der Waals surface area contributed by atoms with Crippen molar-refractivity contribution in [1.82, 2.24) is 9.80 Å². The standard InChI is InChI=1S/C21H33N3O2/c1-26-20-11-6-5-10-19(20)22-21(25)17-24-13-7-12-23(14-15-24)16-18-8-3-2-4-9-18/h5-6,10-11,18H,2-4,7-9,12-17H2,1H3,(H,22,25). The van der Waals surface area contributed by atoms with E-state index < -0.39 is 0 Å². The number of para-hydroxylation sites is 2. The van der Waals surface area contributed by atoms with E-state index in [1.165, 1.54) is 45.2 Å². The van der Waals surface area contributed by atoms with E-state index in [1.807, 2.05) is 24.3 Å². The molecule has 0 aromatic heterocycles. The average Bonchev–Trinajstić information content (AvgIpc) is 2.88. The fourth-order valence-electron chi connectivity index (χ4n) is 4.24. The minimum Gasteiger partial charge on any atom is -0.495 e. The average molecular weight is 360 g/mol. The lowest BCUT2D eigenvalue weighted by atomic mass is 9.89. The molecule has 1 aliphatic carbocycles. The van der Waals surface area contributed by atoms with Gasteiger partial charge in [-0.1, -0.05) is 31.4 Å². The van der Waals surface area contributed by atoms with Gasteiger partial charge >= 0.3 is 0 Å². The SMILES string of the molecule is COc1ccccc1NC(=O)CN1CCCN(CC2CCCCC2)CC1. The molecule has 0 spiro atoms. The van der Waals surface area contributed by atoms with E-state index in [2.05, 4.69) is 15.1 Å². The third-order valence-corrected chi connectivity index (χ3v) is 5.67. The first-order valence-electron chi connectivity index (χ1n) is 10.1. The Balaban J connectivity index is 1.44. The molecule has 2 aliphatic rings. The Hall–Kier alpha value is -1.59. The van der Waals surface area contributed by atoms with Gasteiger partial charge < -0.3 is 15.0 Å². The lowest BCUT2D eigenvalue weighted by molar-refractivity contribution is -0.117. The van der Waals surface area contributed by atoms with E-state index in [1.54, 1.807) is 7.11 Å². The fourth-order valence-corrected chi connectivity index (χ4v) is 4.24. The summed E-state index contributed by atoms with van der Waals surface area (Å²) in [7, 11) is 1.63. The van der Waals surface area contributed by atoms with Gasteiger partial charge in [0, 0.05) is 19.6 Å². The van der Waals surface area contributed by atoms with Crippen LogP contribution in [0.3, 0.4) is 0 Å². The van der Waals surface area contributed by atoms with Crippen LogP contribution in [0.15, 0.2) is 24.3 Å². The van der Waals surface area contributed by atoms with E-state index in [4.69, 9.17) is 4.74 Å². The van der Waals surface area contributed by atoms with Crippen molar-refractivity contribution in [2.75, 3.05) is 51.7 Å². The second-order valence-corrected chi connectivity index (χ2v) is 7.68. The van der Waals surface area contributed by atoms with Crippen molar-refractivity contribution in [3.05, 3.63) is 24.3 Å². The van der Waals surface area contributed by atoms with Crippen molar-refractivity contribution >= 4 is 11.6 Å². The predicted molar refractivity (Wildman–Crippen MR) is 106 cm³/mol. The van der Waals surface area contributed by atoms with Crippen molar-refractivity contribution in [3.8, 4) is 5.75 Å². The zero-order chi connectivity index (χ0) is 18.2. The van der Waals surface area contributed by atoms with Crippen LogP contribution < -0.4 is 10.1 Å². The van der Waals surface area contributed by atoms with Crippen molar-refractivity contribution in [2.45, 2.75) is 38.5 Å². The van der Waals surface area contributed by atoms with E-state index in [-0.39, 0.29) is 5.91 Å². The summed E-state index contributed by atoms with van der Waals surface area (Å²) in [5, 5.41) is 2.99. The topological polar surface area (TPSA) is 44.8 Å². The Labute approximate surface area is 157 Å². The maximum Gasteiger partial charge on any atom is 0.238 e. The van der Waals surface area contributed by atoms with Gasteiger partial charge in [0.15, 0.2) is 0 Å².